The topological polar surface area (TPSA) is 72.6 Å². The quantitative estimate of drug-likeness (QED) is 0.596. The fourth-order valence-corrected chi connectivity index (χ4v) is 3.35. The number of alkyl halides is 3. The molecule has 156 valence electrons. The van der Waals surface area contributed by atoms with Crippen LogP contribution >= 0.6 is 0 Å². The molecule has 9 heteroatoms. The van der Waals surface area contributed by atoms with Crippen molar-refractivity contribution in [2.24, 2.45) is 0 Å². The van der Waals surface area contributed by atoms with Gasteiger partial charge in [0.25, 0.3) is 5.91 Å². The average molecular weight is 418 g/mol. The Labute approximate surface area is 169 Å². The molecule has 3 heterocycles. The Morgan fingerprint density at radius 2 is 2.13 bits per heavy atom. The molecule has 3 aromatic rings. The number of esters is 1. The Balaban J connectivity index is 1.57. The molecule has 30 heavy (non-hydrogen) atoms. The van der Waals surface area contributed by atoms with Gasteiger partial charge in [0.15, 0.2) is 6.10 Å². The van der Waals surface area contributed by atoms with Crippen LogP contribution in [0.15, 0.2) is 47.1 Å². The number of hydrogen-bond donors (Lipinski definition) is 0. The lowest BCUT2D eigenvalue weighted by Gasteiger charge is -2.27. The standard InChI is InChI=1S/C21H17F3N2O4/c1-12(21(22,23)24)29-20(28)16-4-2-3-14-9-15(30-18(14)16)11-26-8-6-13-5-7-25-10-17(13)19(26)27/h2-5,7,9-10,12H,6,8,11H2,1H3. The largest absolute Gasteiger partial charge is 0.458 e. The molecular formula is C21H17F3N2O4. The third kappa shape index (κ3) is 3.74. The number of furan rings is 1. The lowest BCUT2D eigenvalue weighted by atomic mass is 10.0. The number of hydrogen-bond acceptors (Lipinski definition) is 5. The Morgan fingerprint density at radius 3 is 2.90 bits per heavy atom. The maximum atomic E-state index is 12.7. The van der Waals surface area contributed by atoms with E-state index in [2.05, 4.69) is 9.72 Å². The second kappa shape index (κ2) is 7.47. The molecule has 1 amide bonds. The molecule has 0 saturated heterocycles. The van der Waals surface area contributed by atoms with E-state index in [-0.39, 0.29) is 23.6 Å². The van der Waals surface area contributed by atoms with Crippen molar-refractivity contribution in [2.75, 3.05) is 6.54 Å². The van der Waals surface area contributed by atoms with E-state index >= 15 is 0 Å². The van der Waals surface area contributed by atoms with Crippen molar-refractivity contribution in [1.82, 2.24) is 9.88 Å². The Hall–Kier alpha value is -3.36. The highest BCUT2D eigenvalue weighted by Crippen LogP contribution is 2.28. The predicted molar refractivity (Wildman–Crippen MR) is 99.8 cm³/mol. The van der Waals surface area contributed by atoms with Gasteiger partial charge in [0, 0.05) is 24.3 Å². The monoisotopic (exact) mass is 418 g/mol. The summed E-state index contributed by atoms with van der Waals surface area (Å²) in [6, 6.07) is 8.01. The van der Waals surface area contributed by atoms with Crippen LogP contribution in [0.2, 0.25) is 0 Å². The highest BCUT2D eigenvalue weighted by atomic mass is 19.4. The van der Waals surface area contributed by atoms with Crippen LogP contribution < -0.4 is 0 Å². The second-order valence-corrected chi connectivity index (χ2v) is 7.04. The molecule has 0 aliphatic carbocycles. The van der Waals surface area contributed by atoms with Crippen molar-refractivity contribution in [3.8, 4) is 0 Å². The van der Waals surface area contributed by atoms with Gasteiger partial charge in [-0.25, -0.2) is 4.79 Å². The summed E-state index contributed by atoms with van der Waals surface area (Å²) < 4.78 is 48.4. The first-order valence-corrected chi connectivity index (χ1v) is 9.25. The number of halogens is 3. The highest BCUT2D eigenvalue weighted by Gasteiger charge is 2.39. The van der Waals surface area contributed by atoms with Crippen LogP contribution in [0.4, 0.5) is 13.2 Å². The molecule has 1 aromatic carbocycles. The Kier molecular flexibility index (Phi) is 4.97. The minimum Gasteiger partial charge on any atom is -0.458 e. The van der Waals surface area contributed by atoms with Crippen LogP contribution in [0.5, 0.6) is 0 Å². The van der Waals surface area contributed by atoms with Crippen molar-refractivity contribution in [3.05, 3.63) is 65.2 Å². The van der Waals surface area contributed by atoms with Gasteiger partial charge in [-0.1, -0.05) is 12.1 Å². The first-order chi connectivity index (χ1) is 14.2. The summed E-state index contributed by atoms with van der Waals surface area (Å²) >= 11 is 0. The van der Waals surface area contributed by atoms with Crippen LogP contribution in [0.25, 0.3) is 11.0 Å². The number of para-hydroxylation sites is 1. The maximum absolute atomic E-state index is 12.7. The molecule has 0 saturated carbocycles. The average Bonchev–Trinajstić information content (AvgIpc) is 3.12. The highest BCUT2D eigenvalue weighted by molar-refractivity contribution is 6.02. The Morgan fingerprint density at radius 1 is 1.33 bits per heavy atom. The number of carbonyl (C=O) groups is 2. The van der Waals surface area contributed by atoms with Gasteiger partial charge in [-0.05, 0) is 37.1 Å². The van der Waals surface area contributed by atoms with Crippen molar-refractivity contribution >= 4 is 22.8 Å². The van der Waals surface area contributed by atoms with Gasteiger partial charge in [-0.2, -0.15) is 13.2 Å². The summed E-state index contributed by atoms with van der Waals surface area (Å²) in [4.78, 5) is 30.5. The van der Waals surface area contributed by atoms with Gasteiger partial charge in [-0.15, -0.1) is 0 Å². The van der Waals surface area contributed by atoms with E-state index in [0.717, 1.165) is 12.5 Å². The number of rotatable bonds is 4. The molecule has 1 aliphatic heterocycles. The van der Waals surface area contributed by atoms with Crippen LogP contribution in [0, 0.1) is 0 Å². The summed E-state index contributed by atoms with van der Waals surface area (Å²) in [7, 11) is 0. The number of aromatic nitrogens is 1. The van der Waals surface area contributed by atoms with Crippen molar-refractivity contribution in [1.29, 1.82) is 0 Å². The zero-order chi connectivity index (χ0) is 21.5. The van der Waals surface area contributed by atoms with E-state index in [0.29, 0.717) is 29.7 Å². The van der Waals surface area contributed by atoms with Gasteiger partial charge >= 0.3 is 12.1 Å². The number of fused-ring (bicyclic) bond motifs is 2. The molecule has 2 aromatic heterocycles. The SMILES string of the molecule is CC(OC(=O)c1cccc2cc(CN3CCc4ccncc4C3=O)oc12)C(F)(F)F. The lowest BCUT2D eigenvalue weighted by molar-refractivity contribution is -0.198. The molecule has 4 rings (SSSR count). The predicted octanol–water partition coefficient (Wildman–Crippen LogP) is 4.13. The summed E-state index contributed by atoms with van der Waals surface area (Å²) in [5.74, 6) is -0.890. The van der Waals surface area contributed by atoms with Crippen LogP contribution in [-0.2, 0) is 17.7 Å². The molecule has 1 unspecified atom stereocenters. The fourth-order valence-electron chi connectivity index (χ4n) is 3.35. The number of benzene rings is 1. The van der Waals surface area contributed by atoms with Crippen molar-refractivity contribution in [2.45, 2.75) is 32.2 Å². The van der Waals surface area contributed by atoms with E-state index in [9.17, 15) is 22.8 Å². The normalized spacial score (nSPS) is 15.2. The number of pyridine rings is 1. The van der Waals surface area contributed by atoms with E-state index < -0.39 is 18.2 Å². The summed E-state index contributed by atoms with van der Waals surface area (Å²) in [5, 5.41) is 0.533. The van der Waals surface area contributed by atoms with Crippen LogP contribution in [-0.4, -0.2) is 40.6 Å². The fraction of sp³-hybridized carbons (Fsp3) is 0.286. The summed E-state index contributed by atoms with van der Waals surface area (Å²) in [6.07, 6.45) is -3.05. The van der Waals surface area contributed by atoms with E-state index in [1.807, 2.05) is 6.07 Å². The zero-order valence-electron chi connectivity index (χ0n) is 15.9. The van der Waals surface area contributed by atoms with Gasteiger partial charge < -0.3 is 14.1 Å². The number of amides is 1. The summed E-state index contributed by atoms with van der Waals surface area (Å²) in [6.45, 7) is 1.42. The van der Waals surface area contributed by atoms with E-state index in [1.54, 1.807) is 23.2 Å². The molecule has 0 bridgehead atoms. The van der Waals surface area contributed by atoms with Gasteiger partial charge in [0.2, 0.25) is 0 Å². The first-order valence-electron chi connectivity index (χ1n) is 9.25. The van der Waals surface area contributed by atoms with Crippen LogP contribution in [0.1, 0.15) is 39.0 Å². The van der Waals surface area contributed by atoms with Gasteiger partial charge in [-0.3, -0.25) is 9.78 Å². The van der Waals surface area contributed by atoms with Crippen molar-refractivity contribution in [3.63, 3.8) is 0 Å². The first kappa shape index (κ1) is 19.9. The van der Waals surface area contributed by atoms with E-state index in [4.69, 9.17) is 4.42 Å². The smallest absolute Gasteiger partial charge is 0.425 e. The molecule has 0 spiro atoms. The minimum atomic E-state index is -4.66. The minimum absolute atomic E-state index is 0.102. The van der Waals surface area contributed by atoms with Crippen LogP contribution in [0.3, 0.4) is 0 Å². The third-order valence-electron chi connectivity index (χ3n) is 4.99. The number of carbonyl (C=O) groups excluding carboxylic acids is 2. The molecular weight excluding hydrogens is 401 g/mol. The molecule has 1 aliphatic rings. The maximum Gasteiger partial charge on any atom is 0.425 e. The van der Waals surface area contributed by atoms with E-state index in [1.165, 1.54) is 18.3 Å². The molecule has 0 radical (unpaired) electrons. The third-order valence-corrected chi connectivity index (χ3v) is 4.99. The van der Waals surface area contributed by atoms with Crippen molar-refractivity contribution < 1.29 is 31.9 Å². The van der Waals surface area contributed by atoms with Gasteiger partial charge in [0.1, 0.15) is 16.9 Å². The molecule has 0 fully saturated rings. The molecule has 1 atom stereocenters. The van der Waals surface area contributed by atoms with Gasteiger partial charge in [0.05, 0.1) is 12.1 Å². The lowest BCUT2D eigenvalue weighted by Crippen LogP contribution is -2.37. The second-order valence-electron chi connectivity index (χ2n) is 7.04. The summed E-state index contributed by atoms with van der Waals surface area (Å²) in [5.41, 5.74) is 1.48. The number of nitrogens with zero attached hydrogens (tertiary/aromatic N) is 2. The molecule has 0 N–H and O–H groups in total. The molecule has 6 nitrogen and oxygen atoms in total. The number of ether oxygens (including phenoxy) is 1. The zero-order valence-corrected chi connectivity index (χ0v) is 15.9. The Bertz CT molecular complexity index is 1120.